The van der Waals surface area contributed by atoms with Crippen LogP contribution in [-0.2, 0) is 14.3 Å². The third-order valence-electron chi connectivity index (χ3n) is 3.13. The van der Waals surface area contributed by atoms with Gasteiger partial charge in [-0.15, -0.1) is 10.2 Å². The fraction of sp³-hybridized carbons (Fsp3) is 0.571. The molecule has 2 amide bonds. The van der Waals surface area contributed by atoms with Crippen molar-refractivity contribution in [3.63, 3.8) is 0 Å². The molecule has 2 N–H and O–H groups in total. The molecular weight excluding hydrogens is 304 g/mol. The fourth-order valence-electron chi connectivity index (χ4n) is 1.92. The van der Waals surface area contributed by atoms with Crippen LogP contribution in [0.3, 0.4) is 0 Å². The van der Waals surface area contributed by atoms with Crippen molar-refractivity contribution in [2.75, 3.05) is 24.2 Å². The Hall–Kier alpha value is -1.67. The summed E-state index contributed by atoms with van der Waals surface area (Å²) in [6, 6.07) is 3.41. The van der Waals surface area contributed by atoms with Gasteiger partial charge in [0.25, 0.3) is 0 Å². The quantitative estimate of drug-likeness (QED) is 0.732. The highest BCUT2D eigenvalue weighted by atomic mass is 32.2. The number of nitrogens with one attached hydrogen (secondary N) is 2. The van der Waals surface area contributed by atoms with Gasteiger partial charge in [-0.05, 0) is 25.0 Å². The van der Waals surface area contributed by atoms with E-state index in [9.17, 15) is 9.59 Å². The van der Waals surface area contributed by atoms with Crippen molar-refractivity contribution < 1.29 is 14.3 Å². The van der Waals surface area contributed by atoms with Gasteiger partial charge >= 0.3 is 0 Å². The summed E-state index contributed by atoms with van der Waals surface area (Å²) in [5.41, 5.74) is 0. The van der Waals surface area contributed by atoms with Crippen molar-refractivity contribution in [3.05, 3.63) is 12.1 Å². The summed E-state index contributed by atoms with van der Waals surface area (Å²) >= 11 is 1.31. The second kappa shape index (κ2) is 8.70. The summed E-state index contributed by atoms with van der Waals surface area (Å²) in [5, 5.41) is 14.0. The van der Waals surface area contributed by atoms with Gasteiger partial charge in [0.2, 0.25) is 11.8 Å². The van der Waals surface area contributed by atoms with E-state index in [1.807, 2.05) is 0 Å². The Morgan fingerprint density at radius 1 is 1.36 bits per heavy atom. The van der Waals surface area contributed by atoms with Crippen LogP contribution in [0.2, 0.25) is 0 Å². The topological polar surface area (TPSA) is 93.2 Å². The first kappa shape index (κ1) is 16.7. The third-order valence-corrected chi connectivity index (χ3v) is 4.05. The number of thioether (sulfide) groups is 1. The average molecular weight is 324 g/mol. The fourth-order valence-corrected chi connectivity index (χ4v) is 2.56. The highest BCUT2D eigenvalue weighted by Crippen LogP contribution is 2.15. The van der Waals surface area contributed by atoms with Gasteiger partial charge in [-0.3, -0.25) is 9.59 Å². The number of nitrogens with zero attached hydrogens (tertiary/aromatic N) is 2. The van der Waals surface area contributed by atoms with E-state index in [0.717, 1.165) is 19.4 Å². The number of hydrogen-bond donors (Lipinski definition) is 2. The molecular formula is C14H20N4O3S. The van der Waals surface area contributed by atoms with E-state index < -0.39 is 0 Å². The molecule has 8 heteroatoms. The van der Waals surface area contributed by atoms with Crippen LogP contribution >= 0.6 is 11.8 Å². The Balaban J connectivity index is 1.69. The predicted octanol–water partition coefficient (Wildman–Crippen LogP) is 1.21. The molecule has 22 heavy (non-hydrogen) atoms. The number of ether oxygens (including phenoxy) is 1. The maximum Gasteiger partial charge on any atom is 0.230 e. The van der Waals surface area contributed by atoms with Crippen LogP contribution in [0.5, 0.6) is 0 Å². The lowest BCUT2D eigenvalue weighted by molar-refractivity contribution is -0.119. The van der Waals surface area contributed by atoms with Gasteiger partial charge in [-0.2, -0.15) is 0 Å². The van der Waals surface area contributed by atoms with Gasteiger partial charge < -0.3 is 15.4 Å². The minimum atomic E-state index is -0.108. The number of carbonyl (C=O) groups is 2. The molecule has 0 aromatic carbocycles. The molecule has 1 fully saturated rings. The summed E-state index contributed by atoms with van der Waals surface area (Å²) in [6.07, 6.45) is 2.61. The first-order chi connectivity index (χ1) is 10.7. The smallest absolute Gasteiger partial charge is 0.230 e. The van der Waals surface area contributed by atoms with E-state index in [1.54, 1.807) is 19.1 Å². The van der Waals surface area contributed by atoms with Gasteiger partial charge in [-0.1, -0.05) is 18.7 Å². The van der Waals surface area contributed by atoms with E-state index in [1.165, 1.54) is 11.8 Å². The molecule has 0 unspecified atom stereocenters. The third kappa shape index (κ3) is 5.61. The van der Waals surface area contributed by atoms with Crippen LogP contribution in [0.1, 0.15) is 26.2 Å². The largest absolute Gasteiger partial charge is 0.376 e. The normalized spacial score (nSPS) is 17.2. The first-order valence-electron chi connectivity index (χ1n) is 7.32. The summed E-state index contributed by atoms with van der Waals surface area (Å²) < 4.78 is 5.44. The van der Waals surface area contributed by atoms with E-state index in [-0.39, 0.29) is 23.7 Å². The molecule has 1 saturated heterocycles. The van der Waals surface area contributed by atoms with Crippen LogP contribution in [0.25, 0.3) is 0 Å². The second-order valence-corrected chi connectivity index (χ2v) is 5.88. The minimum absolute atomic E-state index is 0.0503. The van der Waals surface area contributed by atoms with Crippen LogP contribution in [0.4, 0.5) is 5.82 Å². The zero-order chi connectivity index (χ0) is 15.8. The van der Waals surface area contributed by atoms with Crippen molar-refractivity contribution >= 4 is 29.4 Å². The lowest BCUT2D eigenvalue weighted by atomic mass is 10.2. The Kier molecular flexibility index (Phi) is 6.60. The Morgan fingerprint density at radius 2 is 2.23 bits per heavy atom. The van der Waals surface area contributed by atoms with Gasteiger partial charge in [0.15, 0.2) is 5.82 Å². The van der Waals surface area contributed by atoms with Gasteiger partial charge in [0.1, 0.15) is 5.03 Å². The Morgan fingerprint density at radius 3 is 2.86 bits per heavy atom. The molecule has 1 aromatic heterocycles. The summed E-state index contributed by atoms with van der Waals surface area (Å²) in [7, 11) is 0. The molecule has 1 aliphatic rings. The number of aromatic nitrogens is 2. The van der Waals surface area contributed by atoms with Crippen LogP contribution < -0.4 is 10.6 Å². The highest BCUT2D eigenvalue weighted by molar-refractivity contribution is 7.99. The van der Waals surface area contributed by atoms with Crippen molar-refractivity contribution in [3.8, 4) is 0 Å². The Labute approximate surface area is 133 Å². The molecule has 7 nitrogen and oxygen atoms in total. The van der Waals surface area contributed by atoms with Crippen molar-refractivity contribution in [1.29, 1.82) is 0 Å². The number of amides is 2. The molecule has 1 atom stereocenters. The molecule has 2 heterocycles. The standard InChI is InChI=1S/C14H20N4O3S/c1-2-12(19)16-11-5-6-14(18-17-11)22-9-13(20)15-8-10-4-3-7-21-10/h5-6,10H,2-4,7-9H2,1H3,(H,15,20)(H,16,17,19)/t10-/m1/s1. The maximum absolute atomic E-state index is 11.7. The molecule has 0 saturated carbocycles. The molecule has 120 valence electrons. The van der Waals surface area contributed by atoms with Crippen molar-refractivity contribution in [2.45, 2.75) is 37.3 Å². The van der Waals surface area contributed by atoms with Crippen LogP contribution in [0, 0.1) is 0 Å². The predicted molar refractivity (Wildman–Crippen MR) is 83.7 cm³/mol. The first-order valence-corrected chi connectivity index (χ1v) is 8.30. The molecule has 1 aromatic rings. The summed E-state index contributed by atoms with van der Waals surface area (Å²) in [6.45, 7) is 3.11. The molecule has 1 aliphatic heterocycles. The number of anilines is 1. The Bertz CT molecular complexity index is 503. The second-order valence-electron chi connectivity index (χ2n) is 4.89. The molecule has 0 bridgehead atoms. The van der Waals surface area contributed by atoms with Crippen LogP contribution in [-0.4, -0.2) is 47.0 Å². The number of carbonyl (C=O) groups excluding carboxylic acids is 2. The monoisotopic (exact) mass is 324 g/mol. The number of hydrogen-bond acceptors (Lipinski definition) is 6. The molecule has 0 radical (unpaired) electrons. The van der Waals surface area contributed by atoms with Crippen molar-refractivity contribution in [2.24, 2.45) is 0 Å². The van der Waals surface area contributed by atoms with Gasteiger partial charge in [0, 0.05) is 19.6 Å². The minimum Gasteiger partial charge on any atom is -0.376 e. The SMILES string of the molecule is CCC(=O)Nc1ccc(SCC(=O)NC[C@H]2CCCO2)nn1. The van der Waals surface area contributed by atoms with E-state index in [4.69, 9.17) is 4.74 Å². The molecule has 2 rings (SSSR count). The van der Waals surface area contributed by atoms with Crippen molar-refractivity contribution in [1.82, 2.24) is 15.5 Å². The zero-order valence-electron chi connectivity index (χ0n) is 12.5. The van der Waals surface area contributed by atoms with E-state index in [0.29, 0.717) is 23.8 Å². The average Bonchev–Trinajstić information content (AvgIpc) is 3.05. The van der Waals surface area contributed by atoms with Crippen LogP contribution in [0.15, 0.2) is 17.2 Å². The lowest BCUT2D eigenvalue weighted by Gasteiger charge is -2.10. The maximum atomic E-state index is 11.7. The van der Waals surface area contributed by atoms with E-state index in [2.05, 4.69) is 20.8 Å². The lowest BCUT2D eigenvalue weighted by Crippen LogP contribution is -2.32. The van der Waals surface area contributed by atoms with Gasteiger partial charge in [0.05, 0.1) is 11.9 Å². The summed E-state index contributed by atoms with van der Waals surface area (Å²) in [5.74, 6) is 0.537. The molecule has 0 spiro atoms. The zero-order valence-corrected chi connectivity index (χ0v) is 13.3. The van der Waals surface area contributed by atoms with Gasteiger partial charge in [-0.25, -0.2) is 0 Å². The number of rotatable bonds is 7. The molecule has 0 aliphatic carbocycles. The van der Waals surface area contributed by atoms with E-state index >= 15 is 0 Å². The summed E-state index contributed by atoms with van der Waals surface area (Å²) in [4.78, 5) is 22.9. The highest BCUT2D eigenvalue weighted by Gasteiger charge is 2.16.